The SMILES string of the molecule is CC(OC(=O)c1cccc(S(C)(=O)=O)c1)c1ccccc1Cl. The standard InChI is InChI=1S/C16H15ClO4S/c1-11(14-8-3-4-9-15(14)17)21-16(18)12-6-5-7-13(10-12)22(2,19)20/h3-11H,1-2H3. The molecule has 0 fully saturated rings. The van der Waals surface area contributed by atoms with Crippen molar-refractivity contribution in [2.24, 2.45) is 0 Å². The largest absolute Gasteiger partial charge is 0.454 e. The van der Waals surface area contributed by atoms with Crippen molar-refractivity contribution < 1.29 is 17.9 Å². The van der Waals surface area contributed by atoms with Crippen LogP contribution in [0.5, 0.6) is 0 Å². The van der Waals surface area contributed by atoms with E-state index in [4.69, 9.17) is 16.3 Å². The molecule has 0 radical (unpaired) electrons. The second kappa shape index (κ2) is 6.50. The van der Waals surface area contributed by atoms with Crippen LogP contribution >= 0.6 is 11.6 Å². The van der Waals surface area contributed by atoms with E-state index in [1.54, 1.807) is 31.2 Å². The molecule has 1 atom stereocenters. The minimum absolute atomic E-state index is 0.0762. The van der Waals surface area contributed by atoms with Gasteiger partial charge >= 0.3 is 5.97 Å². The molecule has 0 heterocycles. The monoisotopic (exact) mass is 338 g/mol. The highest BCUT2D eigenvalue weighted by Crippen LogP contribution is 2.26. The number of hydrogen-bond acceptors (Lipinski definition) is 4. The third kappa shape index (κ3) is 3.87. The lowest BCUT2D eigenvalue weighted by Gasteiger charge is -2.15. The van der Waals surface area contributed by atoms with E-state index in [0.717, 1.165) is 6.26 Å². The van der Waals surface area contributed by atoms with Crippen LogP contribution in [0, 0.1) is 0 Å². The molecule has 2 aromatic carbocycles. The Hall–Kier alpha value is -1.85. The zero-order valence-corrected chi connectivity index (χ0v) is 13.7. The molecule has 0 N–H and O–H groups in total. The van der Waals surface area contributed by atoms with Crippen molar-refractivity contribution in [1.82, 2.24) is 0 Å². The molecule has 0 aromatic heterocycles. The number of esters is 1. The molecule has 2 aromatic rings. The van der Waals surface area contributed by atoms with Crippen LogP contribution in [0.1, 0.15) is 28.9 Å². The van der Waals surface area contributed by atoms with Crippen LogP contribution in [-0.2, 0) is 14.6 Å². The molecule has 0 saturated heterocycles. The summed E-state index contributed by atoms with van der Waals surface area (Å²) >= 11 is 6.06. The molecule has 0 bridgehead atoms. The van der Waals surface area contributed by atoms with Crippen LogP contribution in [0.15, 0.2) is 53.4 Å². The average molecular weight is 339 g/mol. The third-order valence-electron chi connectivity index (χ3n) is 3.12. The molecule has 4 nitrogen and oxygen atoms in total. The lowest BCUT2D eigenvalue weighted by Crippen LogP contribution is -2.10. The molecule has 116 valence electrons. The van der Waals surface area contributed by atoms with Crippen molar-refractivity contribution in [2.45, 2.75) is 17.9 Å². The first-order chi connectivity index (χ1) is 10.3. The number of halogens is 1. The maximum Gasteiger partial charge on any atom is 0.338 e. The van der Waals surface area contributed by atoms with E-state index < -0.39 is 21.9 Å². The van der Waals surface area contributed by atoms with Gasteiger partial charge in [-0.3, -0.25) is 0 Å². The topological polar surface area (TPSA) is 60.4 Å². The molecule has 0 aliphatic heterocycles. The first-order valence-corrected chi connectivity index (χ1v) is 8.81. The van der Waals surface area contributed by atoms with Gasteiger partial charge < -0.3 is 4.74 Å². The van der Waals surface area contributed by atoms with Crippen molar-refractivity contribution >= 4 is 27.4 Å². The van der Waals surface area contributed by atoms with Crippen LogP contribution in [-0.4, -0.2) is 20.6 Å². The number of carbonyl (C=O) groups is 1. The fraction of sp³-hybridized carbons (Fsp3) is 0.188. The van der Waals surface area contributed by atoms with Gasteiger partial charge in [0.2, 0.25) is 0 Å². The molecular formula is C16H15ClO4S. The predicted molar refractivity (Wildman–Crippen MR) is 84.8 cm³/mol. The number of rotatable bonds is 4. The minimum atomic E-state index is -3.38. The smallest absolute Gasteiger partial charge is 0.338 e. The summed E-state index contributed by atoms with van der Waals surface area (Å²) in [5.41, 5.74) is 0.874. The summed E-state index contributed by atoms with van der Waals surface area (Å²) in [5, 5.41) is 0.507. The maximum absolute atomic E-state index is 12.2. The van der Waals surface area contributed by atoms with Crippen molar-refractivity contribution in [2.75, 3.05) is 6.26 Å². The minimum Gasteiger partial charge on any atom is -0.454 e. The van der Waals surface area contributed by atoms with Gasteiger partial charge in [-0.25, -0.2) is 13.2 Å². The second-order valence-corrected chi connectivity index (χ2v) is 7.29. The van der Waals surface area contributed by atoms with Crippen LogP contribution in [0.25, 0.3) is 0 Å². The van der Waals surface area contributed by atoms with Crippen molar-refractivity contribution in [3.8, 4) is 0 Å². The summed E-state index contributed by atoms with van der Waals surface area (Å²) in [6, 6.07) is 12.8. The molecule has 6 heteroatoms. The number of benzene rings is 2. The van der Waals surface area contributed by atoms with E-state index in [1.807, 2.05) is 0 Å². The Morgan fingerprint density at radius 3 is 2.45 bits per heavy atom. The highest BCUT2D eigenvalue weighted by molar-refractivity contribution is 7.90. The van der Waals surface area contributed by atoms with Crippen molar-refractivity contribution in [3.05, 3.63) is 64.7 Å². The van der Waals surface area contributed by atoms with Crippen LogP contribution in [0.3, 0.4) is 0 Å². The number of sulfone groups is 1. The number of ether oxygens (including phenoxy) is 1. The van der Waals surface area contributed by atoms with Gasteiger partial charge in [0.25, 0.3) is 0 Å². The van der Waals surface area contributed by atoms with E-state index >= 15 is 0 Å². The van der Waals surface area contributed by atoms with Gasteiger partial charge in [-0.05, 0) is 31.2 Å². The second-order valence-electron chi connectivity index (χ2n) is 4.87. The Kier molecular flexibility index (Phi) is 4.88. The molecule has 0 spiro atoms. The zero-order chi connectivity index (χ0) is 16.3. The van der Waals surface area contributed by atoms with Gasteiger partial charge in [0.1, 0.15) is 6.10 Å². The summed E-state index contributed by atoms with van der Waals surface area (Å²) in [4.78, 5) is 12.2. The Bertz CT molecular complexity index is 799. The van der Waals surface area contributed by atoms with Crippen molar-refractivity contribution in [1.29, 1.82) is 0 Å². The van der Waals surface area contributed by atoms with Gasteiger partial charge in [0.05, 0.1) is 10.5 Å². The number of hydrogen-bond donors (Lipinski definition) is 0. The molecule has 1 unspecified atom stereocenters. The molecule has 0 aliphatic rings. The first-order valence-electron chi connectivity index (χ1n) is 6.54. The Morgan fingerprint density at radius 2 is 1.82 bits per heavy atom. The lowest BCUT2D eigenvalue weighted by atomic mass is 10.1. The first kappa shape index (κ1) is 16.5. The van der Waals surface area contributed by atoms with Crippen LogP contribution < -0.4 is 0 Å². The molecule has 2 rings (SSSR count). The Morgan fingerprint density at radius 1 is 1.14 bits per heavy atom. The fourth-order valence-electron chi connectivity index (χ4n) is 1.95. The highest BCUT2D eigenvalue weighted by atomic mass is 35.5. The zero-order valence-electron chi connectivity index (χ0n) is 12.1. The molecule has 0 aliphatic carbocycles. The fourth-order valence-corrected chi connectivity index (χ4v) is 2.91. The molecule has 0 amide bonds. The molecule has 22 heavy (non-hydrogen) atoms. The lowest BCUT2D eigenvalue weighted by molar-refractivity contribution is 0.0338. The van der Waals surface area contributed by atoms with Gasteiger partial charge in [0.15, 0.2) is 9.84 Å². The Balaban J connectivity index is 2.21. The van der Waals surface area contributed by atoms with Crippen LogP contribution in [0.4, 0.5) is 0 Å². The normalized spacial score (nSPS) is 12.7. The van der Waals surface area contributed by atoms with Gasteiger partial charge in [0, 0.05) is 16.8 Å². The maximum atomic E-state index is 12.2. The third-order valence-corrected chi connectivity index (χ3v) is 4.58. The quantitative estimate of drug-likeness (QED) is 0.798. The average Bonchev–Trinajstić information content (AvgIpc) is 2.46. The summed E-state index contributed by atoms with van der Waals surface area (Å²) in [6.07, 6.45) is 0.548. The molecule has 0 saturated carbocycles. The van der Waals surface area contributed by atoms with Gasteiger partial charge in [-0.15, -0.1) is 0 Å². The summed E-state index contributed by atoms with van der Waals surface area (Å²) in [6.45, 7) is 1.71. The van der Waals surface area contributed by atoms with E-state index in [0.29, 0.717) is 10.6 Å². The van der Waals surface area contributed by atoms with E-state index in [-0.39, 0.29) is 10.5 Å². The Labute approximate surface area is 134 Å². The van der Waals surface area contributed by atoms with Crippen molar-refractivity contribution in [3.63, 3.8) is 0 Å². The summed E-state index contributed by atoms with van der Waals surface area (Å²) < 4.78 is 28.4. The van der Waals surface area contributed by atoms with E-state index in [9.17, 15) is 13.2 Å². The van der Waals surface area contributed by atoms with E-state index in [1.165, 1.54) is 24.3 Å². The summed E-state index contributed by atoms with van der Waals surface area (Å²) in [5.74, 6) is -0.599. The van der Waals surface area contributed by atoms with Gasteiger partial charge in [-0.1, -0.05) is 35.9 Å². The summed E-state index contributed by atoms with van der Waals surface area (Å²) in [7, 11) is -3.38. The van der Waals surface area contributed by atoms with E-state index in [2.05, 4.69) is 0 Å². The molecular weight excluding hydrogens is 324 g/mol. The highest BCUT2D eigenvalue weighted by Gasteiger charge is 2.17. The predicted octanol–water partition coefficient (Wildman–Crippen LogP) is 3.66. The van der Waals surface area contributed by atoms with Gasteiger partial charge in [-0.2, -0.15) is 0 Å². The number of carbonyl (C=O) groups excluding carboxylic acids is 1. The van der Waals surface area contributed by atoms with Crippen LogP contribution in [0.2, 0.25) is 5.02 Å².